The van der Waals surface area contributed by atoms with Gasteiger partial charge in [0.25, 0.3) is 0 Å². The molecule has 1 aliphatic heterocycles. The SMILES string of the molecule is COc1ccc(S(=O)(=O)N2CCC(C)(C(=O)O)C2)cc1Br. The highest BCUT2D eigenvalue weighted by molar-refractivity contribution is 9.10. The standard InChI is InChI=1S/C13H16BrNO5S/c1-13(12(16)17)5-6-15(8-13)21(18,19)9-3-4-11(20-2)10(14)7-9/h3-4,7H,5-6,8H2,1-2H3,(H,16,17). The normalized spacial score (nSPS) is 23.2. The molecule has 0 aliphatic carbocycles. The molecule has 116 valence electrons. The second kappa shape index (κ2) is 5.58. The van der Waals surface area contributed by atoms with E-state index in [0.717, 1.165) is 0 Å². The molecule has 1 aromatic rings. The first-order valence-electron chi connectivity index (χ1n) is 6.28. The maximum absolute atomic E-state index is 12.6. The molecule has 1 fully saturated rings. The molecule has 2 rings (SSSR count). The number of ether oxygens (including phenoxy) is 1. The van der Waals surface area contributed by atoms with Crippen molar-refractivity contribution in [3.8, 4) is 5.75 Å². The lowest BCUT2D eigenvalue weighted by molar-refractivity contribution is -0.146. The predicted octanol–water partition coefficient (Wildman–Crippen LogP) is 1.94. The van der Waals surface area contributed by atoms with Crippen molar-refractivity contribution in [1.82, 2.24) is 4.31 Å². The van der Waals surface area contributed by atoms with Crippen molar-refractivity contribution >= 4 is 31.9 Å². The molecular weight excluding hydrogens is 362 g/mol. The zero-order valence-corrected chi connectivity index (χ0v) is 14.1. The summed E-state index contributed by atoms with van der Waals surface area (Å²) in [7, 11) is -2.21. The highest BCUT2D eigenvalue weighted by Gasteiger charge is 2.44. The number of hydrogen-bond donors (Lipinski definition) is 1. The third-order valence-electron chi connectivity index (χ3n) is 3.72. The molecule has 0 spiro atoms. The van der Waals surface area contributed by atoms with Crippen molar-refractivity contribution in [1.29, 1.82) is 0 Å². The zero-order chi connectivity index (χ0) is 15.8. The number of halogens is 1. The highest BCUT2D eigenvalue weighted by Crippen LogP contribution is 2.35. The van der Waals surface area contributed by atoms with Crippen LogP contribution in [-0.4, -0.2) is 44.0 Å². The van der Waals surface area contributed by atoms with Crippen LogP contribution < -0.4 is 4.74 Å². The molecule has 1 aromatic carbocycles. The van der Waals surface area contributed by atoms with Gasteiger partial charge >= 0.3 is 5.97 Å². The molecule has 0 aromatic heterocycles. The van der Waals surface area contributed by atoms with Crippen molar-refractivity contribution in [2.24, 2.45) is 5.41 Å². The topological polar surface area (TPSA) is 83.9 Å². The van der Waals surface area contributed by atoms with Gasteiger partial charge in [-0.25, -0.2) is 8.42 Å². The first-order valence-corrected chi connectivity index (χ1v) is 8.51. The lowest BCUT2D eigenvalue weighted by Crippen LogP contribution is -2.34. The van der Waals surface area contributed by atoms with Crippen LogP contribution in [0.4, 0.5) is 0 Å². The number of benzene rings is 1. The molecule has 6 nitrogen and oxygen atoms in total. The van der Waals surface area contributed by atoms with E-state index in [0.29, 0.717) is 16.6 Å². The molecule has 8 heteroatoms. The maximum Gasteiger partial charge on any atom is 0.310 e. The summed E-state index contributed by atoms with van der Waals surface area (Å²) in [5.74, 6) is -0.443. The Balaban J connectivity index is 2.32. The number of rotatable bonds is 4. The van der Waals surface area contributed by atoms with Crippen LogP contribution in [0.3, 0.4) is 0 Å². The molecule has 1 N–H and O–H groups in total. The summed E-state index contributed by atoms with van der Waals surface area (Å²) in [6.45, 7) is 1.75. The molecule has 0 radical (unpaired) electrons. The summed E-state index contributed by atoms with van der Waals surface area (Å²) in [5.41, 5.74) is -1.03. The minimum Gasteiger partial charge on any atom is -0.496 e. The van der Waals surface area contributed by atoms with Crippen molar-refractivity contribution in [3.05, 3.63) is 22.7 Å². The van der Waals surface area contributed by atoms with Gasteiger partial charge in [-0.2, -0.15) is 4.31 Å². The van der Waals surface area contributed by atoms with Gasteiger partial charge in [0.2, 0.25) is 10.0 Å². The fourth-order valence-electron chi connectivity index (χ4n) is 2.26. The second-order valence-corrected chi connectivity index (χ2v) is 8.04. The minimum absolute atomic E-state index is 0.0195. The zero-order valence-electron chi connectivity index (χ0n) is 11.7. The van der Waals surface area contributed by atoms with E-state index in [4.69, 9.17) is 4.74 Å². The summed E-state index contributed by atoms with van der Waals surface area (Å²) in [5, 5.41) is 9.19. The highest BCUT2D eigenvalue weighted by atomic mass is 79.9. The molecule has 1 saturated heterocycles. The fourth-order valence-corrected chi connectivity index (χ4v) is 4.54. The second-order valence-electron chi connectivity index (χ2n) is 5.25. The summed E-state index contributed by atoms with van der Waals surface area (Å²) < 4.78 is 32.0. The van der Waals surface area contributed by atoms with Crippen LogP contribution in [0.2, 0.25) is 0 Å². The van der Waals surface area contributed by atoms with Crippen LogP contribution >= 0.6 is 15.9 Å². The average molecular weight is 378 g/mol. The molecule has 1 unspecified atom stereocenters. The van der Waals surface area contributed by atoms with Crippen molar-refractivity contribution in [2.75, 3.05) is 20.2 Å². The quantitative estimate of drug-likeness (QED) is 0.866. The predicted molar refractivity (Wildman–Crippen MR) is 79.8 cm³/mol. The Morgan fingerprint density at radius 1 is 1.48 bits per heavy atom. The van der Waals surface area contributed by atoms with Gasteiger partial charge in [-0.1, -0.05) is 0 Å². The van der Waals surface area contributed by atoms with Gasteiger partial charge in [0.05, 0.1) is 21.9 Å². The number of sulfonamides is 1. The molecule has 0 saturated carbocycles. The number of carboxylic acid groups (broad SMARTS) is 1. The lowest BCUT2D eigenvalue weighted by Gasteiger charge is -2.20. The third-order valence-corrected chi connectivity index (χ3v) is 6.18. The third kappa shape index (κ3) is 2.93. The summed E-state index contributed by atoms with van der Waals surface area (Å²) in [4.78, 5) is 11.3. The number of methoxy groups -OCH3 is 1. The van der Waals surface area contributed by atoms with Gasteiger partial charge in [-0.05, 0) is 47.5 Å². The van der Waals surface area contributed by atoms with Gasteiger partial charge < -0.3 is 9.84 Å². The Hall–Kier alpha value is -1.12. The first kappa shape index (κ1) is 16.3. The van der Waals surface area contributed by atoms with Crippen LogP contribution in [0.25, 0.3) is 0 Å². The van der Waals surface area contributed by atoms with Gasteiger partial charge in [0.15, 0.2) is 0 Å². The van der Waals surface area contributed by atoms with Gasteiger partial charge in [-0.3, -0.25) is 4.79 Å². The minimum atomic E-state index is -3.71. The Kier molecular flexibility index (Phi) is 4.32. The van der Waals surface area contributed by atoms with Gasteiger partial charge in [-0.15, -0.1) is 0 Å². The number of carbonyl (C=O) groups is 1. The molecule has 21 heavy (non-hydrogen) atoms. The van der Waals surface area contributed by atoms with Crippen LogP contribution in [0.15, 0.2) is 27.6 Å². The molecule has 1 heterocycles. The monoisotopic (exact) mass is 377 g/mol. The fraction of sp³-hybridized carbons (Fsp3) is 0.462. The summed E-state index contributed by atoms with van der Waals surface area (Å²) >= 11 is 3.25. The Labute approximate surface area is 131 Å². The van der Waals surface area contributed by atoms with E-state index >= 15 is 0 Å². The molecular formula is C13H16BrNO5S. The van der Waals surface area contributed by atoms with Crippen molar-refractivity contribution in [2.45, 2.75) is 18.2 Å². The van der Waals surface area contributed by atoms with Crippen LogP contribution in [0.5, 0.6) is 5.75 Å². The van der Waals surface area contributed by atoms with Crippen LogP contribution in [-0.2, 0) is 14.8 Å². The molecule has 0 amide bonds. The van der Waals surface area contributed by atoms with E-state index in [1.54, 1.807) is 13.0 Å². The largest absolute Gasteiger partial charge is 0.496 e. The average Bonchev–Trinajstić information content (AvgIpc) is 2.83. The van der Waals surface area contributed by atoms with E-state index in [2.05, 4.69) is 15.9 Å². The van der Waals surface area contributed by atoms with Gasteiger partial charge in [0.1, 0.15) is 5.75 Å². The Bertz CT molecular complexity index is 675. The lowest BCUT2D eigenvalue weighted by atomic mass is 9.90. The molecule has 0 bridgehead atoms. The molecule has 1 aliphatic rings. The van der Waals surface area contributed by atoms with Crippen molar-refractivity contribution < 1.29 is 23.1 Å². The van der Waals surface area contributed by atoms with Crippen LogP contribution in [0.1, 0.15) is 13.3 Å². The van der Waals surface area contributed by atoms with E-state index in [1.165, 1.54) is 23.5 Å². The first-order chi connectivity index (χ1) is 9.70. The maximum atomic E-state index is 12.6. The van der Waals surface area contributed by atoms with E-state index in [9.17, 15) is 18.3 Å². The smallest absolute Gasteiger partial charge is 0.310 e. The summed E-state index contributed by atoms with van der Waals surface area (Å²) in [6, 6.07) is 4.48. The van der Waals surface area contributed by atoms with Crippen LogP contribution in [0, 0.1) is 5.41 Å². The van der Waals surface area contributed by atoms with E-state index in [-0.39, 0.29) is 18.0 Å². The Morgan fingerprint density at radius 3 is 2.62 bits per heavy atom. The Morgan fingerprint density at radius 2 is 2.14 bits per heavy atom. The number of aliphatic carboxylic acids is 1. The van der Waals surface area contributed by atoms with Crippen molar-refractivity contribution in [3.63, 3.8) is 0 Å². The van der Waals surface area contributed by atoms with E-state index in [1.807, 2.05) is 0 Å². The number of hydrogen-bond acceptors (Lipinski definition) is 4. The van der Waals surface area contributed by atoms with E-state index < -0.39 is 21.4 Å². The number of nitrogens with zero attached hydrogens (tertiary/aromatic N) is 1. The summed E-state index contributed by atoms with van der Waals surface area (Å²) in [6.07, 6.45) is 0.304. The number of carboxylic acids is 1. The van der Waals surface area contributed by atoms with Gasteiger partial charge in [0, 0.05) is 13.1 Å². The molecule has 1 atom stereocenters.